The Morgan fingerprint density at radius 3 is 1.78 bits per heavy atom. The summed E-state index contributed by atoms with van der Waals surface area (Å²) in [5.41, 5.74) is 6.85. The van der Waals surface area contributed by atoms with Crippen molar-refractivity contribution in [2.45, 2.75) is 0 Å². The smallest absolute Gasteiger partial charge is 0.332 e. The third-order valence-electron chi connectivity index (χ3n) is 2.87. The van der Waals surface area contributed by atoms with Gasteiger partial charge in [-0.25, -0.2) is 4.79 Å². The van der Waals surface area contributed by atoms with Crippen molar-refractivity contribution in [3.05, 3.63) is 66.2 Å². The Morgan fingerprint density at radius 1 is 0.870 bits per heavy atom. The van der Waals surface area contributed by atoms with Crippen LogP contribution in [0.3, 0.4) is 0 Å². The van der Waals surface area contributed by atoms with E-state index in [2.05, 4.69) is 4.74 Å². The molecule has 5 heteroatoms. The minimum Gasteiger partial charge on any atom is -0.493 e. The van der Waals surface area contributed by atoms with Crippen molar-refractivity contribution in [3.8, 4) is 11.5 Å². The largest absolute Gasteiger partial charge is 0.493 e. The number of benzene rings is 2. The molecule has 0 aliphatic rings. The molecule has 0 bridgehead atoms. The second-order valence-corrected chi connectivity index (χ2v) is 4.34. The van der Waals surface area contributed by atoms with E-state index in [4.69, 9.17) is 15.2 Å². The first kappa shape index (κ1) is 18.1. The Labute approximate surface area is 136 Å². The molecule has 122 valence electrons. The zero-order chi connectivity index (χ0) is 17.1. The van der Waals surface area contributed by atoms with Gasteiger partial charge in [-0.05, 0) is 17.7 Å². The number of esters is 1. The number of hydrogen-bond donors (Lipinski definition) is 1. The van der Waals surface area contributed by atoms with Crippen LogP contribution in [-0.4, -0.2) is 27.3 Å². The Bertz CT molecular complexity index is 615. The Morgan fingerprint density at radius 2 is 1.35 bits per heavy atom. The maximum Gasteiger partial charge on any atom is 0.332 e. The molecule has 0 heterocycles. The van der Waals surface area contributed by atoms with Crippen molar-refractivity contribution in [3.63, 3.8) is 0 Å². The fourth-order valence-corrected chi connectivity index (χ4v) is 1.69. The van der Waals surface area contributed by atoms with Gasteiger partial charge in [0.05, 0.1) is 21.3 Å². The molecule has 0 aliphatic carbocycles. The molecule has 0 saturated carbocycles. The number of methoxy groups -OCH3 is 3. The number of hydrogen-bond acceptors (Lipinski definition) is 5. The van der Waals surface area contributed by atoms with Crippen molar-refractivity contribution in [2.75, 3.05) is 21.3 Å². The summed E-state index contributed by atoms with van der Waals surface area (Å²) in [7, 11) is 4.56. The Kier molecular flexibility index (Phi) is 7.78. The van der Waals surface area contributed by atoms with Gasteiger partial charge in [-0.15, -0.1) is 0 Å². The van der Waals surface area contributed by atoms with Crippen molar-refractivity contribution in [1.29, 1.82) is 0 Å². The fourth-order valence-electron chi connectivity index (χ4n) is 1.69. The zero-order valence-electron chi connectivity index (χ0n) is 13.5. The topological polar surface area (TPSA) is 70.8 Å². The lowest BCUT2D eigenvalue weighted by atomic mass is 10.1. The molecule has 5 nitrogen and oxygen atoms in total. The molecule has 0 fully saturated rings. The van der Waals surface area contributed by atoms with Crippen molar-refractivity contribution >= 4 is 11.7 Å². The molecule has 0 unspecified atom stereocenters. The third kappa shape index (κ3) is 6.13. The summed E-state index contributed by atoms with van der Waals surface area (Å²) in [6, 6.07) is 16.8. The minimum atomic E-state index is -0.443. The number of ether oxygens (including phenoxy) is 3. The van der Waals surface area contributed by atoms with Gasteiger partial charge in [0.25, 0.3) is 0 Å². The van der Waals surface area contributed by atoms with Crippen LogP contribution in [0.5, 0.6) is 11.5 Å². The van der Waals surface area contributed by atoms with E-state index in [9.17, 15) is 4.79 Å². The first-order valence-electron chi connectivity index (χ1n) is 6.90. The average Bonchev–Trinajstić information content (AvgIpc) is 2.62. The first-order valence-corrected chi connectivity index (χ1v) is 6.90. The van der Waals surface area contributed by atoms with Gasteiger partial charge in [-0.2, -0.15) is 0 Å². The Balaban J connectivity index is 0.000000238. The Hall–Kier alpha value is -2.95. The van der Waals surface area contributed by atoms with E-state index >= 15 is 0 Å². The summed E-state index contributed by atoms with van der Waals surface area (Å²) in [6.07, 6.45) is 1.26. The summed E-state index contributed by atoms with van der Waals surface area (Å²) in [6.45, 7) is 0. The number of carbonyl (C=O) groups excluding carboxylic acids is 1. The predicted octanol–water partition coefficient (Wildman–Crippen LogP) is 2.86. The maximum atomic E-state index is 10.8. The van der Waals surface area contributed by atoms with Gasteiger partial charge >= 0.3 is 5.97 Å². The molecule has 2 aromatic rings. The van der Waals surface area contributed by atoms with E-state index in [1.807, 2.05) is 54.6 Å². The van der Waals surface area contributed by atoms with E-state index in [0.29, 0.717) is 5.70 Å². The van der Waals surface area contributed by atoms with Gasteiger partial charge in [-0.1, -0.05) is 42.5 Å². The van der Waals surface area contributed by atoms with Gasteiger partial charge < -0.3 is 19.9 Å². The lowest BCUT2D eigenvalue weighted by Gasteiger charge is -2.04. The molecule has 0 spiro atoms. The van der Waals surface area contributed by atoms with E-state index in [-0.39, 0.29) is 0 Å². The molecule has 0 aliphatic heterocycles. The first-order chi connectivity index (χ1) is 11.1. The molecule has 2 N–H and O–H groups in total. The third-order valence-corrected chi connectivity index (χ3v) is 2.87. The van der Waals surface area contributed by atoms with Crippen molar-refractivity contribution in [1.82, 2.24) is 0 Å². The van der Waals surface area contributed by atoms with Crippen LogP contribution in [0.4, 0.5) is 0 Å². The van der Waals surface area contributed by atoms with Crippen LogP contribution < -0.4 is 15.2 Å². The molecule has 0 amide bonds. The SMILES string of the molecule is COC(=O)C=C(N)c1ccccc1.COc1ccccc1OC. The van der Waals surface area contributed by atoms with Crippen LogP contribution in [0.1, 0.15) is 5.56 Å². The lowest BCUT2D eigenvalue weighted by molar-refractivity contribution is -0.134. The van der Waals surface area contributed by atoms with Crippen LogP contribution in [0, 0.1) is 0 Å². The van der Waals surface area contributed by atoms with Gasteiger partial charge in [0, 0.05) is 11.8 Å². The fraction of sp³-hybridized carbons (Fsp3) is 0.167. The second-order valence-electron chi connectivity index (χ2n) is 4.34. The molecule has 0 aromatic heterocycles. The molecule has 2 aromatic carbocycles. The summed E-state index contributed by atoms with van der Waals surface area (Å²) >= 11 is 0. The molecule has 0 radical (unpaired) electrons. The molecule has 0 saturated heterocycles. The highest BCUT2D eigenvalue weighted by Crippen LogP contribution is 2.24. The molecule has 23 heavy (non-hydrogen) atoms. The standard InChI is InChI=1S/C10H11NO2.C8H10O2/c1-13-10(12)7-9(11)8-5-3-2-4-6-8;1-9-7-5-3-4-6-8(7)10-2/h2-7H,11H2,1H3;3-6H,1-2H3. The van der Waals surface area contributed by atoms with E-state index in [0.717, 1.165) is 17.1 Å². The molecular formula is C18H21NO4. The van der Waals surface area contributed by atoms with Gasteiger partial charge in [0.2, 0.25) is 0 Å². The van der Waals surface area contributed by atoms with Crippen molar-refractivity contribution < 1.29 is 19.0 Å². The highest BCUT2D eigenvalue weighted by atomic mass is 16.5. The molecule has 0 atom stereocenters. The van der Waals surface area contributed by atoms with Gasteiger partial charge in [0.1, 0.15) is 0 Å². The van der Waals surface area contributed by atoms with Gasteiger partial charge in [0.15, 0.2) is 11.5 Å². The van der Waals surface area contributed by atoms with Gasteiger partial charge in [-0.3, -0.25) is 0 Å². The van der Waals surface area contributed by atoms with Crippen LogP contribution in [0.2, 0.25) is 0 Å². The van der Waals surface area contributed by atoms with Crippen LogP contribution in [0.25, 0.3) is 5.70 Å². The normalized spacial score (nSPS) is 10.1. The summed E-state index contributed by atoms with van der Waals surface area (Å²) in [5, 5.41) is 0. The number of rotatable bonds is 4. The van der Waals surface area contributed by atoms with Crippen LogP contribution in [-0.2, 0) is 9.53 Å². The lowest BCUT2D eigenvalue weighted by Crippen LogP contribution is -2.02. The zero-order valence-corrected chi connectivity index (χ0v) is 13.5. The monoisotopic (exact) mass is 315 g/mol. The minimum absolute atomic E-state index is 0.410. The number of nitrogens with two attached hydrogens (primary N) is 1. The van der Waals surface area contributed by atoms with Crippen molar-refractivity contribution in [2.24, 2.45) is 5.73 Å². The van der Waals surface area contributed by atoms with E-state index < -0.39 is 5.97 Å². The summed E-state index contributed by atoms with van der Waals surface area (Å²) in [5.74, 6) is 1.09. The highest BCUT2D eigenvalue weighted by Gasteiger charge is 1.99. The number of para-hydroxylation sites is 2. The van der Waals surface area contributed by atoms with E-state index in [1.165, 1.54) is 13.2 Å². The number of carbonyl (C=O) groups is 1. The molecular weight excluding hydrogens is 294 g/mol. The predicted molar refractivity (Wildman–Crippen MR) is 90.2 cm³/mol. The van der Waals surface area contributed by atoms with Crippen LogP contribution >= 0.6 is 0 Å². The molecule has 2 rings (SSSR count). The summed E-state index contributed by atoms with van der Waals surface area (Å²) in [4.78, 5) is 10.8. The quantitative estimate of drug-likeness (QED) is 0.694. The maximum absolute atomic E-state index is 10.8. The average molecular weight is 315 g/mol. The second kappa shape index (κ2) is 9.89. The highest BCUT2D eigenvalue weighted by molar-refractivity contribution is 5.90. The van der Waals surface area contributed by atoms with E-state index in [1.54, 1.807) is 14.2 Å². The summed E-state index contributed by atoms with van der Waals surface area (Å²) < 4.78 is 14.5. The van der Waals surface area contributed by atoms with Crippen LogP contribution in [0.15, 0.2) is 60.7 Å².